The van der Waals surface area contributed by atoms with Gasteiger partial charge in [0.1, 0.15) is 16.9 Å². The number of carbonyl (C=O) groups is 1. The minimum absolute atomic E-state index is 0.0897. The van der Waals surface area contributed by atoms with Crippen molar-refractivity contribution in [3.8, 4) is 11.4 Å². The van der Waals surface area contributed by atoms with Gasteiger partial charge in [-0.2, -0.15) is 5.10 Å². The molecular weight excluding hydrogens is 402 g/mol. The Labute approximate surface area is 177 Å². The van der Waals surface area contributed by atoms with Crippen LogP contribution >= 0.6 is 11.6 Å². The summed E-state index contributed by atoms with van der Waals surface area (Å²) in [5.41, 5.74) is 9.82. The average molecular weight is 424 g/mol. The van der Waals surface area contributed by atoms with Crippen molar-refractivity contribution in [1.82, 2.24) is 30.0 Å². The molecular formula is C21H22ClN7O. The zero-order valence-corrected chi connectivity index (χ0v) is 17.3. The van der Waals surface area contributed by atoms with Crippen molar-refractivity contribution in [1.29, 1.82) is 0 Å². The summed E-state index contributed by atoms with van der Waals surface area (Å²) >= 11 is 6.13. The van der Waals surface area contributed by atoms with Gasteiger partial charge in [-0.05, 0) is 43.9 Å². The molecule has 1 aliphatic rings. The lowest BCUT2D eigenvalue weighted by molar-refractivity contribution is 0.0927. The number of benzene rings is 1. The van der Waals surface area contributed by atoms with Gasteiger partial charge < -0.3 is 16.0 Å². The van der Waals surface area contributed by atoms with E-state index < -0.39 is 0 Å². The van der Waals surface area contributed by atoms with Gasteiger partial charge in [0.2, 0.25) is 0 Å². The first-order chi connectivity index (χ1) is 14.5. The minimum Gasteiger partial charge on any atom is -0.349 e. The molecule has 9 heteroatoms. The monoisotopic (exact) mass is 423 g/mol. The smallest absolute Gasteiger partial charge is 0.255 e. The van der Waals surface area contributed by atoms with Gasteiger partial charge in [0.15, 0.2) is 5.65 Å². The van der Waals surface area contributed by atoms with Crippen LogP contribution in [0.4, 0.5) is 0 Å². The molecule has 0 radical (unpaired) electrons. The lowest BCUT2D eigenvalue weighted by Crippen LogP contribution is -2.42. The summed E-state index contributed by atoms with van der Waals surface area (Å²) in [4.78, 5) is 25.2. The maximum absolute atomic E-state index is 12.9. The number of H-pyrrole nitrogens is 1. The summed E-state index contributed by atoms with van der Waals surface area (Å²) in [5, 5.41) is 9.27. The Bertz CT molecular complexity index is 1260. The largest absolute Gasteiger partial charge is 0.349 e. The molecule has 4 aromatic rings. The summed E-state index contributed by atoms with van der Waals surface area (Å²) < 4.78 is 1.76. The molecule has 0 bridgehead atoms. The first kappa shape index (κ1) is 19.0. The van der Waals surface area contributed by atoms with Crippen LogP contribution in [-0.4, -0.2) is 42.7 Å². The first-order valence-corrected chi connectivity index (χ1v) is 10.4. The zero-order valence-electron chi connectivity index (χ0n) is 16.5. The van der Waals surface area contributed by atoms with Crippen LogP contribution in [0.5, 0.6) is 0 Å². The summed E-state index contributed by atoms with van der Waals surface area (Å²) in [6.45, 7) is 0. The molecule has 1 saturated carbocycles. The number of rotatable bonds is 3. The first-order valence-electron chi connectivity index (χ1n) is 10.0. The van der Waals surface area contributed by atoms with Gasteiger partial charge in [-0.3, -0.25) is 9.48 Å². The summed E-state index contributed by atoms with van der Waals surface area (Å²) in [5.74, 6) is -0.163. The highest BCUT2D eigenvalue weighted by molar-refractivity contribution is 6.31. The maximum Gasteiger partial charge on any atom is 0.255 e. The lowest BCUT2D eigenvalue weighted by Gasteiger charge is -2.27. The van der Waals surface area contributed by atoms with Crippen LogP contribution in [0, 0.1) is 0 Å². The van der Waals surface area contributed by atoms with Crippen LogP contribution < -0.4 is 11.1 Å². The molecule has 3 heterocycles. The van der Waals surface area contributed by atoms with E-state index in [1.165, 1.54) is 0 Å². The van der Waals surface area contributed by atoms with Crippen LogP contribution in [0.3, 0.4) is 0 Å². The van der Waals surface area contributed by atoms with Crippen LogP contribution in [0.2, 0.25) is 5.02 Å². The van der Waals surface area contributed by atoms with Crippen LogP contribution in [0.1, 0.15) is 36.0 Å². The molecule has 4 N–H and O–H groups in total. The van der Waals surface area contributed by atoms with E-state index >= 15 is 0 Å². The number of aromatic nitrogens is 5. The van der Waals surface area contributed by atoms with Gasteiger partial charge in [-0.1, -0.05) is 11.6 Å². The maximum atomic E-state index is 12.9. The second-order valence-electron chi connectivity index (χ2n) is 7.89. The van der Waals surface area contributed by atoms with Crippen LogP contribution in [-0.2, 0) is 7.05 Å². The number of carbonyl (C=O) groups excluding carboxylic acids is 1. The Kier molecular flexibility index (Phi) is 4.67. The van der Waals surface area contributed by atoms with E-state index in [4.69, 9.17) is 22.3 Å². The Hall–Kier alpha value is -2.97. The van der Waals surface area contributed by atoms with Crippen molar-refractivity contribution in [2.24, 2.45) is 12.8 Å². The van der Waals surface area contributed by atoms with Gasteiger partial charge in [-0.25, -0.2) is 9.97 Å². The molecule has 30 heavy (non-hydrogen) atoms. The normalized spacial score (nSPS) is 19.4. The minimum atomic E-state index is -0.163. The molecule has 5 rings (SSSR count). The van der Waals surface area contributed by atoms with Crippen LogP contribution in [0.25, 0.3) is 33.5 Å². The summed E-state index contributed by atoms with van der Waals surface area (Å²) in [6, 6.07) is 5.84. The Morgan fingerprint density at radius 2 is 2.23 bits per heavy atom. The van der Waals surface area contributed by atoms with Gasteiger partial charge >= 0.3 is 0 Å². The number of nitrogens with zero attached hydrogens (tertiary/aromatic N) is 4. The number of amides is 1. The SMILES string of the molecule is Cn1nc(-c2cnc3[nH]cc(C(=O)N[C@H]4CCC[C@H](N)C4)c3n2)c2ccc(Cl)cc21. The molecule has 8 nitrogen and oxygen atoms in total. The molecule has 0 aliphatic heterocycles. The number of aromatic amines is 1. The molecule has 0 spiro atoms. The van der Waals surface area contributed by atoms with Gasteiger partial charge in [0.25, 0.3) is 5.91 Å². The van der Waals surface area contributed by atoms with E-state index in [9.17, 15) is 4.79 Å². The number of nitrogens with two attached hydrogens (primary N) is 1. The third kappa shape index (κ3) is 3.32. The van der Waals surface area contributed by atoms with Crippen LogP contribution in [0.15, 0.2) is 30.6 Å². The highest BCUT2D eigenvalue weighted by atomic mass is 35.5. The predicted octanol–water partition coefficient (Wildman–Crippen LogP) is 3.16. The Balaban J connectivity index is 1.51. The molecule has 2 atom stereocenters. The number of hydrogen-bond donors (Lipinski definition) is 3. The third-order valence-electron chi connectivity index (χ3n) is 5.73. The molecule has 154 valence electrons. The van der Waals surface area contributed by atoms with Gasteiger partial charge in [-0.15, -0.1) is 0 Å². The molecule has 1 fully saturated rings. The van der Waals surface area contributed by atoms with Gasteiger partial charge in [0, 0.05) is 35.7 Å². The highest BCUT2D eigenvalue weighted by Crippen LogP contribution is 2.29. The van der Waals surface area contributed by atoms with E-state index in [1.54, 1.807) is 17.1 Å². The molecule has 1 amide bonds. The number of nitrogens with one attached hydrogen (secondary N) is 2. The van der Waals surface area contributed by atoms with Crippen molar-refractivity contribution in [3.63, 3.8) is 0 Å². The highest BCUT2D eigenvalue weighted by Gasteiger charge is 2.23. The predicted molar refractivity (Wildman–Crippen MR) is 116 cm³/mol. The van der Waals surface area contributed by atoms with Crippen molar-refractivity contribution in [2.45, 2.75) is 37.8 Å². The zero-order chi connectivity index (χ0) is 20.8. The summed E-state index contributed by atoms with van der Waals surface area (Å²) in [7, 11) is 1.86. The standard InChI is InChI=1S/C21H22ClN7O/c1-29-17-7-11(22)5-6-14(17)18(28-29)16-10-25-20-19(27-16)15(9-24-20)21(30)26-13-4-2-3-12(23)8-13/h5-7,9-10,12-13H,2-4,8,23H2,1H3,(H,24,25)(H,26,30)/t12-,13-/m0/s1. The topological polar surface area (TPSA) is 115 Å². The van der Waals surface area contributed by atoms with E-state index in [-0.39, 0.29) is 18.0 Å². The van der Waals surface area contributed by atoms with Crippen molar-refractivity contribution in [2.75, 3.05) is 0 Å². The summed E-state index contributed by atoms with van der Waals surface area (Å²) in [6.07, 6.45) is 7.10. The van der Waals surface area contributed by atoms with Gasteiger partial charge in [0.05, 0.1) is 17.3 Å². The molecule has 1 aromatic carbocycles. The number of hydrogen-bond acceptors (Lipinski definition) is 5. The van der Waals surface area contributed by atoms with E-state index in [0.717, 1.165) is 36.6 Å². The van der Waals surface area contributed by atoms with E-state index in [2.05, 4.69) is 20.4 Å². The number of aryl methyl sites for hydroxylation is 1. The van der Waals surface area contributed by atoms with Crippen molar-refractivity contribution in [3.05, 3.63) is 41.2 Å². The second kappa shape index (κ2) is 7.37. The van der Waals surface area contributed by atoms with E-state index in [0.29, 0.717) is 33.1 Å². The van der Waals surface area contributed by atoms with Crippen molar-refractivity contribution >= 4 is 39.6 Å². The average Bonchev–Trinajstić information content (AvgIpc) is 3.29. The molecule has 3 aromatic heterocycles. The number of halogens is 1. The fraction of sp³-hybridized carbons (Fsp3) is 0.333. The molecule has 1 aliphatic carbocycles. The van der Waals surface area contributed by atoms with Crippen molar-refractivity contribution < 1.29 is 4.79 Å². The third-order valence-corrected chi connectivity index (χ3v) is 5.97. The lowest BCUT2D eigenvalue weighted by atomic mass is 9.91. The molecule has 0 unspecified atom stereocenters. The second-order valence-corrected chi connectivity index (χ2v) is 8.32. The quantitative estimate of drug-likeness (QED) is 0.468. The fourth-order valence-corrected chi connectivity index (χ4v) is 4.39. The molecule has 0 saturated heterocycles. The Morgan fingerprint density at radius 3 is 3.07 bits per heavy atom. The Morgan fingerprint density at radius 1 is 1.37 bits per heavy atom. The number of fused-ring (bicyclic) bond motifs is 2. The fourth-order valence-electron chi connectivity index (χ4n) is 4.22. The van der Waals surface area contributed by atoms with E-state index in [1.807, 2.05) is 25.2 Å².